The number of rotatable bonds is 15. The van der Waals surface area contributed by atoms with Crippen LogP contribution in [0.15, 0.2) is 24.3 Å². The van der Waals surface area contributed by atoms with E-state index in [9.17, 15) is 9.59 Å². The molecule has 0 aliphatic carbocycles. The fraction of sp³-hybridized carbons (Fsp3) is 0.680. The fourth-order valence-corrected chi connectivity index (χ4v) is 3.35. The van der Waals surface area contributed by atoms with Crippen molar-refractivity contribution in [3.63, 3.8) is 0 Å². The van der Waals surface area contributed by atoms with E-state index in [-0.39, 0.29) is 17.2 Å². The lowest BCUT2D eigenvalue weighted by Gasteiger charge is -2.17. The Hall–Kier alpha value is -1.84. The molecule has 0 amide bonds. The second-order valence-corrected chi connectivity index (χ2v) is 7.98. The molecule has 4 nitrogen and oxygen atoms in total. The van der Waals surface area contributed by atoms with Gasteiger partial charge in [0, 0.05) is 0 Å². The summed E-state index contributed by atoms with van der Waals surface area (Å²) in [5, 5.41) is 0. The van der Waals surface area contributed by atoms with Crippen LogP contribution in [-0.2, 0) is 9.47 Å². The third-order valence-electron chi connectivity index (χ3n) is 5.38. The highest BCUT2D eigenvalue weighted by molar-refractivity contribution is 6.03. The Morgan fingerprint density at radius 1 is 0.828 bits per heavy atom. The van der Waals surface area contributed by atoms with Crippen LogP contribution < -0.4 is 0 Å². The average molecular weight is 405 g/mol. The third kappa shape index (κ3) is 9.96. The molecule has 0 spiro atoms. The van der Waals surface area contributed by atoms with Crippen molar-refractivity contribution >= 4 is 11.9 Å². The molecule has 0 radical (unpaired) electrons. The van der Waals surface area contributed by atoms with E-state index >= 15 is 0 Å². The molecule has 164 valence electrons. The van der Waals surface area contributed by atoms with E-state index in [1.54, 1.807) is 24.3 Å². The maximum absolute atomic E-state index is 12.6. The Morgan fingerprint density at radius 2 is 1.45 bits per heavy atom. The van der Waals surface area contributed by atoms with Crippen LogP contribution in [0.2, 0.25) is 0 Å². The Labute approximate surface area is 177 Å². The molecule has 0 heterocycles. The predicted molar refractivity (Wildman–Crippen MR) is 118 cm³/mol. The lowest BCUT2D eigenvalue weighted by atomic mass is 10.0. The Bertz CT molecular complexity index is 596. The molecule has 0 aromatic heterocycles. The molecule has 4 heteroatoms. The summed E-state index contributed by atoms with van der Waals surface area (Å²) >= 11 is 0. The number of ether oxygens (including phenoxy) is 2. The van der Waals surface area contributed by atoms with Gasteiger partial charge in [0.25, 0.3) is 0 Å². The molecule has 0 bridgehead atoms. The van der Waals surface area contributed by atoms with Gasteiger partial charge in [0.05, 0.1) is 23.8 Å². The quantitative estimate of drug-likeness (QED) is 0.234. The predicted octanol–water partition coefficient (Wildman–Crippen LogP) is 6.97. The molecule has 1 rings (SSSR count). The molecule has 0 saturated heterocycles. The molecule has 0 N–H and O–H groups in total. The van der Waals surface area contributed by atoms with Gasteiger partial charge in [0.1, 0.15) is 0 Å². The fourth-order valence-electron chi connectivity index (χ4n) is 3.35. The maximum Gasteiger partial charge on any atom is 0.339 e. The first-order valence-electron chi connectivity index (χ1n) is 11.5. The standard InChI is InChI=1S/C25H40O4/c1-5-8-10-11-12-15-20(4)29-25(27)23-18-14-13-17-22(23)24(26)28-19-21(7-3)16-9-6-2/h13-14,17-18,20-21H,5-12,15-16,19H2,1-4H3. The molecular weight excluding hydrogens is 364 g/mol. The van der Waals surface area contributed by atoms with E-state index in [1.165, 1.54) is 19.3 Å². The molecule has 1 aromatic carbocycles. The molecule has 1 aromatic rings. The topological polar surface area (TPSA) is 52.6 Å². The second kappa shape index (κ2) is 15.1. The van der Waals surface area contributed by atoms with E-state index < -0.39 is 11.9 Å². The van der Waals surface area contributed by atoms with Gasteiger partial charge in [0.15, 0.2) is 0 Å². The molecule has 0 fully saturated rings. The summed E-state index contributed by atoms with van der Waals surface area (Å²) in [6, 6.07) is 6.78. The number of esters is 2. The number of carbonyl (C=O) groups excluding carboxylic acids is 2. The Kier molecular flexibility index (Phi) is 13.1. The Morgan fingerprint density at radius 3 is 2.07 bits per heavy atom. The first kappa shape index (κ1) is 25.2. The van der Waals surface area contributed by atoms with Crippen LogP contribution in [0.25, 0.3) is 0 Å². The summed E-state index contributed by atoms with van der Waals surface area (Å²) in [6.07, 6.45) is 10.9. The summed E-state index contributed by atoms with van der Waals surface area (Å²) < 4.78 is 11.1. The molecule has 2 atom stereocenters. The van der Waals surface area contributed by atoms with Crippen LogP contribution in [0.5, 0.6) is 0 Å². The van der Waals surface area contributed by atoms with Crippen molar-refractivity contribution in [2.24, 2.45) is 5.92 Å². The number of hydrogen-bond acceptors (Lipinski definition) is 4. The van der Waals surface area contributed by atoms with Gasteiger partial charge in [-0.3, -0.25) is 0 Å². The summed E-state index contributed by atoms with van der Waals surface area (Å²) in [7, 11) is 0. The zero-order chi connectivity index (χ0) is 21.5. The Balaban J connectivity index is 2.60. The van der Waals surface area contributed by atoms with Gasteiger partial charge >= 0.3 is 11.9 Å². The smallest absolute Gasteiger partial charge is 0.339 e. The largest absolute Gasteiger partial charge is 0.462 e. The van der Waals surface area contributed by atoms with E-state index in [2.05, 4.69) is 20.8 Å². The first-order valence-corrected chi connectivity index (χ1v) is 11.5. The van der Waals surface area contributed by atoms with Crippen molar-refractivity contribution in [2.75, 3.05) is 6.61 Å². The number of hydrogen-bond donors (Lipinski definition) is 0. The van der Waals surface area contributed by atoms with Gasteiger partial charge in [-0.25, -0.2) is 9.59 Å². The lowest BCUT2D eigenvalue weighted by Crippen LogP contribution is -2.20. The van der Waals surface area contributed by atoms with Crippen molar-refractivity contribution in [2.45, 2.75) is 98.0 Å². The molecular formula is C25H40O4. The highest BCUT2D eigenvalue weighted by atomic mass is 16.5. The summed E-state index contributed by atoms with van der Waals surface area (Å²) in [5.74, 6) is -0.526. The van der Waals surface area contributed by atoms with Gasteiger partial charge in [-0.1, -0.05) is 77.8 Å². The van der Waals surface area contributed by atoms with Crippen LogP contribution >= 0.6 is 0 Å². The SMILES string of the molecule is CCCCCCCC(C)OC(=O)c1ccccc1C(=O)OCC(CC)CCCC. The molecule has 0 aliphatic heterocycles. The van der Waals surface area contributed by atoms with Crippen LogP contribution in [0, 0.1) is 5.92 Å². The van der Waals surface area contributed by atoms with Gasteiger partial charge in [-0.15, -0.1) is 0 Å². The van der Waals surface area contributed by atoms with Crippen molar-refractivity contribution in [3.05, 3.63) is 35.4 Å². The van der Waals surface area contributed by atoms with Crippen LogP contribution in [-0.4, -0.2) is 24.6 Å². The van der Waals surface area contributed by atoms with Gasteiger partial charge in [-0.05, 0) is 44.2 Å². The minimum atomic E-state index is -0.448. The minimum absolute atomic E-state index is 0.160. The highest BCUT2D eigenvalue weighted by Gasteiger charge is 2.21. The van der Waals surface area contributed by atoms with Crippen molar-refractivity contribution < 1.29 is 19.1 Å². The van der Waals surface area contributed by atoms with Crippen molar-refractivity contribution in [1.29, 1.82) is 0 Å². The maximum atomic E-state index is 12.6. The van der Waals surface area contributed by atoms with E-state index in [0.29, 0.717) is 12.5 Å². The number of unbranched alkanes of at least 4 members (excludes halogenated alkanes) is 5. The van der Waals surface area contributed by atoms with Gasteiger partial charge in [0.2, 0.25) is 0 Å². The molecule has 2 unspecified atom stereocenters. The summed E-state index contributed by atoms with van der Waals surface area (Å²) in [4.78, 5) is 25.2. The zero-order valence-corrected chi connectivity index (χ0v) is 18.9. The molecule has 0 aliphatic rings. The lowest BCUT2D eigenvalue weighted by molar-refractivity contribution is 0.0301. The second-order valence-electron chi connectivity index (χ2n) is 7.98. The van der Waals surface area contributed by atoms with Crippen LogP contribution in [0.4, 0.5) is 0 Å². The monoisotopic (exact) mass is 404 g/mol. The van der Waals surface area contributed by atoms with E-state index in [0.717, 1.165) is 44.9 Å². The highest BCUT2D eigenvalue weighted by Crippen LogP contribution is 2.18. The molecule has 0 saturated carbocycles. The van der Waals surface area contributed by atoms with Crippen LogP contribution in [0.3, 0.4) is 0 Å². The first-order chi connectivity index (χ1) is 14.0. The number of benzene rings is 1. The van der Waals surface area contributed by atoms with Gasteiger partial charge in [-0.2, -0.15) is 0 Å². The summed E-state index contributed by atoms with van der Waals surface area (Å²) in [6.45, 7) is 8.78. The minimum Gasteiger partial charge on any atom is -0.462 e. The zero-order valence-electron chi connectivity index (χ0n) is 18.9. The average Bonchev–Trinajstić information content (AvgIpc) is 2.73. The molecule has 29 heavy (non-hydrogen) atoms. The number of carbonyl (C=O) groups is 2. The van der Waals surface area contributed by atoms with E-state index in [1.807, 2.05) is 6.92 Å². The van der Waals surface area contributed by atoms with Crippen LogP contribution in [0.1, 0.15) is 113 Å². The normalized spacial score (nSPS) is 13.0. The third-order valence-corrected chi connectivity index (χ3v) is 5.38. The van der Waals surface area contributed by atoms with Crippen molar-refractivity contribution in [3.8, 4) is 0 Å². The summed E-state index contributed by atoms with van der Waals surface area (Å²) in [5.41, 5.74) is 0.579. The van der Waals surface area contributed by atoms with Crippen molar-refractivity contribution in [1.82, 2.24) is 0 Å². The van der Waals surface area contributed by atoms with E-state index in [4.69, 9.17) is 9.47 Å². The van der Waals surface area contributed by atoms with Gasteiger partial charge < -0.3 is 9.47 Å².